The van der Waals surface area contributed by atoms with Gasteiger partial charge in [0.25, 0.3) is 5.91 Å². The maximum Gasteiger partial charge on any atom is 0.309 e. The smallest absolute Gasteiger partial charge is 0.309 e. The van der Waals surface area contributed by atoms with Crippen molar-refractivity contribution in [3.8, 4) is 0 Å². The number of aliphatic carboxylic acids is 1. The Balaban J connectivity index is 1.28. The molecule has 0 bridgehead atoms. The minimum atomic E-state index is -1.19. The van der Waals surface area contributed by atoms with Crippen LogP contribution in [0.5, 0.6) is 0 Å². The average molecular weight is 750 g/mol. The van der Waals surface area contributed by atoms with E-state index in [2.05, 4.69) is 39.9 Å². The van der Waals surface area contributed by atoms with Gasteiger partial charge in [-0.25, -0.2) is 0 Å². The van der Waals surface area contributed by atoms with Crippen molar-refractivity contribution in [2.45, 2.75) is 139 Å². The van der Waals surface area contributed by atoms with Crippen molar-refractivity contribution in [3.05, 3.63) is 46.0 Å². The van der Waals surface area contributed by atoms with Gasteiger partial charge in [0, 0.05) is 23.4 Å². The van der Waals surface area contributed by atoms with E-state index in [0.29, 0.717) is 23.3 Å². The first kappa shape index (κ1) is 39.7. The van der Waals surface area contributed by atoms with Crippen LogP contribution in [0.4, 0.5) is 0 Å². The molecule has 5 aliphatic carbocycles. The summed E-state index contributed by atoms with van der Waals surface area (Å²) in [6.45, 7) is 19.2. The topological polar surface area (TPSA) is 127 Å². The number of fused-ring (bicyclic) bond motifs is 7. The number of allylic oxidation sites excluding steroid dienone is 2. The molecule has 53 heavy (non-hydrogen) atoms. The van der Waals surface area contributed by atoms with E-state index in [1.54, 1.807) is 26.0 Å². The monoisotopic (exact) mass is 749 g/mol. The quantitative estimate of drug-likeness (QED) is 0.191. The van der Waals surface area contributed by atoms with E-state index in [4.69, 9.17) is 16.3 Å². The molecule has 4 saturated carbocycles. The molecule has 0 unspecified atom stereocenters. The third kappa shape index (κ3) is 6.12. The first-order valence-corrected chi connectivity index (χ1v) is 20.2. The normalized spacial score (nSPS) is 36.2. The Morgan fingerprint density at radius 1 is 0.943 bits per heavy atom. The number of amides is 1. The van der Waals surface area contributed by atoms with Crippen LogP contribution in [0.15, 0.2) is 35.4 Å². The number of halogens is 1. The average Bonchev–Trinajstić information content (AvgIpc) is 3.37. The number of carbonyl (C=O) groups is 5. The number of Topliss-reactive ketones (excluding diaryl/α,β-unsaturated/α-hetero) is 2. The van der Waals surface area contributed by atoms with Crippen LogP contribution in [0, 0.1) is 56.2 Å². The minimum Gasteiger partial charge on any atom is -0.481 e. The highest BCUT2D eigenvalue weighted by Gasteiger charge is 2.71. The van der Waals surface area contributed by atoms with Crippen LogP contribution in [0.2, 0.25) is 5.02 Å². The molecule has 9 heteroatoms. The molecular formula is C44H60ClNO7. The zero-order valence-corrected chi connectivity index (χ0v) is 34.0. The lowest BCUT2D eigenvalue weighted by Crippen LogP contribution is -2.66. The van der Waals surface area contributed by atoms with Gasteiger partial charge < -0.3 is 15.2 Å². The summed E-state index contributed by atoms with van der Waals surface area (Å²) in [5.74, 6) is -1.91. The summed E-state index contributed by atoms with van der Waals surface area (Å²) in [4.78, 5) is 67.0. The van der Waals surface area contributed by atoms with Gasteiger partial charge in [0.2, 0.25) is 5.78 Å². The van der Waals surface area contributed by atoms with Crippen LogP contribution in [-0.4, -0.2) is 40.6 Å². The van der Waals surface area contributed by atoms with Gasteiger partial charge >= 0.3 is 11.9 Å². The fourth-order valence-corrected chi connectivity index (χ4v) is 13.1. The number of carbonyl (C=O) groups excluding carboxylic acids is 4. The van der Waals surface area contributed by atoms with Crippen LogP contribution in [0.1, 0.15) is 132 Å². The molecule has 4 fully saturated rings. The van der Waals surface area contributed by atoms with E-state index in [0.717, 1.165) is 61.7 Å². The first-order chi connectivity index (χ1) is 24.5. The summed E-state index contributed by atoms with van der Waals surface area (Å²) in [6, 6.07) is 7.22. The number of esters is 1. The highest BCUT2D eigenvalue weighted by molar-refractivity contribution is 6.40. The van der Waals surface area contributed by atoms with Crippen LogP contribution < -0.4 is 5.32 Å². The van der Waals surface area contributed by atoms with Crippen LogP contribution in [0.3, 0.4) is 0 Å². The van der Waals surface area contributed by atoms with E-state index < -0.39 is 34.5 Å². The van der Waals surface area contributed by atoms with Crippen LogP contribution in [-0.2, 0) is 35.3 Å². The zero-order valence-electron chi connectivity index (χ0n) is 33.2. The molecule has 8 nitrogen and oxygen atoms in total. The molecule has 0 radical (unpaired) electrons. The summed E-state index contributed by atoms with van der Waals surface area (Å²) in [5, 5.41) is 13.0. The Morgan fingerprint density at radius 2 is 1.64 bits per heavy atom. The summed E-state index contributed by atoms with van der Waals surface area (Å²) < 4.78 is 6.13. The van der Waals surface area contributed by atoms with Crippen molar-refractivity contribution in [1.82, 2.24) is 5.32 Å². The molecule has 1 amide bonds. The molecular weight excluding hydrogens is 690 g/mol. The number of carboxylic acids is 1. The number of benzene rings is 1. The number of ketones is 2. The van der Waals surface area contributed by atoms with E-state index in [1.165, 1.54) is 0 Å². The SMILES string of the molecule is CC(C)C1=C2[C@H]3CC[C@@H]4[C@@]5(C)CC[C@H](OC(=O)CC(C)(C)C(=O)O)C(C)(C)[C@@H]5CC[C@@]4(C)[C@]3(C)CC[C@@]2(C(=O)C(=O)NCc2cccc(Cl)c2)CC1=O. The predicted molar refractivity (Wildman–Crippen MR) is 204 cm³/mol. The second-order valence-electron chi connectivity index (χ2n) is 19.6. The molecule has 2 N–H and O–H groups in total. The van der Waals surface area contributed by atoms with Gasteiger partial charge in [-0.05, 0) is 134 Å². The molecule has 0 aromatic heterocycles. The number of rotatable bonds is 9. The molecule has 0 heterocycles. The van der Waals surface area contributed by atoms with Crippen LogP contribution >= 0.6 is 11.6 Å². The maximum absolute atomic E-state index is 14.5. The third-order valence-corrected chi connectivity index (χ3v) is 16.0. The van der Waals surface area contributed by atoms with Crippen molar-refractivity contribution in [3.63, 3.8) is 0 Å². The largest absolute Gasteiger partial charge is 0.481 e. The van der Waals surface area contributed by atoms with Crippen molar-refractivity contribution in [2.75, 3.05) is 0 Å². The Bertz CT molecular complexity index is 1760. The molecule has 0 spiro atoms. The number of hydrogen-bond acceptors (Lipinski definition) is 6. The zero-order chi connectivity index (χ0) is 39.1. The molecule has 1 aromatic rings. The molecule has 6 rings (SSSR count). The first-order valence-electron chi connectivity index (χ1n) is 19.8. The van der Waals surface area contributed by atoms with Gasteiger partial charge in [-0.3, -0.25) is 24.0 Å². The highest BCUT2D eigenvalue weighted by Crippen LogP contribution is 2.76. The lowest BCUT2D eigenvalue weighted by molar-refractivity contribution is -0.233. The van der Waals surface area contributed by atoms with Gasteiger partial charge in [-0.2, -0.15) is 0 Å². The Morgan fingerprint density at radius 3 is 2.28 bits per heavy atom. The second-order valence-corrected chi connectivity index (χ2v) is 20.1. The van der Waals surface area contributed by atoms with Gasteiger partial charge in [0.1, 0.15) is 6.10 Å². The van der Waals surface area contributed by atoms with E-state index >= 15 is 0 Å². The van der Waals surface area contributed by atoms with Gasteiger partial charge in [-0.15, -0.1) is 0 Å². The maximum atomic E-state index is 14.5. The van der Waals surface area contributed by atoms with Crippen molar-refractivity contribution >= 4 is 41.0 Å². The molecule has 1 aromatic carbocycles. The Kier molecular flexibility index (Phi) is 9.99. The van der Waals surface area contributed by atoms with Gasteiger partial charge in [0.05, 0.1) is 17.3 Å². The highest BCUT2D eigenvalue weighted by atomic mass is 35.5. The molecule has 0 saturated heterocycles. The standard InChI is InChI=1S/C44H60ClNO7/c1-25(2)34-29(47)22-44(36(49)37(50)46-24-26-11-10-12-27(45)21-26)20-19-42(8)28(35(34)44)13-14-31-41(7)17-16-32(53-33(48)23-39(3,4)38(51)52)40(5,6)30(41)15-18-43(31,42)9/h10-12,21,25,28,30-32H,13-20,22-24H2,1-9H3,(H,46,50)(H,51,52)/t28-,30+,31-,32+,41+,42-,43-,44-/m1/s1. The Labute approximate surface area is 320 Å². The van der Waals surface area contributed by atoms with Crippen LogP contribution in [0.25, 0.3) is 0 Å². The molecule has 5 aliphatic rings. The van der Waals surface area contributed by atoms with E-state index in [9.17, 15) is 29.1 Å². The summed E-state index contributed by atoms with van der Waals surface area (Å²) in [5.41, 5.74) is -0.328. The lowest BCUT2D eigenvalue weighted by Gasteiger charge is -2.72. The summed E-state index contributed by atoms with van der Waals surface area (Å²) >= 11 is 6.17. The fourth-order valence-electron chi connectivity index (χ4n) is 12.8. The third-order valence-electron chi connectivity index (χ3n) is 15.8. The molecule has 0 aliphatic heterocycles. The van der Waals surface area contributed by atoms with Gasteiger partial charge in [-0.1, -0.05) is 72.2 Å². The second kappa shape index (κ2) is 13.3. The van der Waals surface area contributed by atoms with E-state index in [-0.39, 0.29) is 64.8 Å². The van der Waals surface area contributed by atoms with Crippen molar-refractivity contribution in [2.24, 2.45) is 56.2 Å². The fraction of sp³-hybridized carbons (Fsp3) is 0.705. The summed E-state index contributed by atoms with van der Waals surface area (Å²) in [7, 11) is 0. The molecule has 8 atom stereocenters. The predicted octanol–water partition coefficient (Wildman–Crippen LogP) is 8.92. The summed E-state index contributed by atoms with van der Waals surface area (Å²) in [6.07, 6.45) is 6.29. The number of carboxylic acid groups (broad SMARTS) is 1. The van der Waals surface area contributed by atoms with E-state index in [1.807, 2.05) is 26.0 Å². The Hall–Kier alpha value is -3.00. The number of nitrogens with one attached hydrogen (secondary N) is 1. The minimum absolute atomic E-state index is 0.0135. The van der Waals surface area contributed by atoms with Crippen molar-refractivity contribution < 1.29 is 33.8 Å². The lowest BCUT2D eigenvalue weighted by atomic mass is 9.33. The number of ether oxygens (including phenoxy) is 1. The molecule has 290 valence electrons. The number of hydrogen-bond donors (Lipinski definition) is 2. The van der Waals surface area contributed by atoms with Gasteiger partial charge in [0.15, 0.2) is 5.78 Å². The van der Waals surface area contributed by atoms with Crippen molar-refractivity contribution in [1.29, 1.82) is 0 Å².